The Hall–Kier alpha value is -1.80. The number of unbranched alkanes of at least 4 members (excludes halogenated alkanes) is 3. The fourth-order valence-electron chi connectivity index (χ4n) is 2.29. The molecule has 5 nitrogen and oxygen atoms in total. The Bertz CT molecular complexity index is 624. The number of benzene rings is 1. The van der Waals surface area contributed by atoms with Crippen molar-refractivity contribution in [2.75, 3.05) is 25.5 Å². The van der Waals surface area contributed by atoms with Gasteiger partial charge in [-0.3, -0.25) is 9.59 Å². The lowest BCUT2D eigenvalue weighted by Crippen LogP contribution is -2.34. The lowest BCUT2D eigenvalue weighted by molar-refractivity contribution is -0.137. The van der Waals surface area contributed by atoms with Gasteiger partial charge in [-0.1, -0.05) is 24.4 Å². The number of carbonyl (C=O) groups is 2. The molecule has 0 aromatic heterocycles. The molecular weight excluding hydrogens is 371 g/mol. The molecule has 146 valence electrons. The van der Waals surface area contributed by atoms with E-state index in [1.165, 1.54) is 18.0 Å². The van der Waals surface area contributed by atoms with Gasteiger partial charge in [0.1, 0.15) is 0 Å². The maximum Gasteiger partial charge on any atom is 0.417 e. The fourth-order valence-corrected chi connectivity index (χ4v) is 2.51. The number of amides is 2. The smallest absolute Gasteiger partial charge is 0.336 e. The standard InChI is InChI=1S/C17H23ClF3N3O2/c1-24(16(26)6-4-2-3-5-9-22)11-15(25)23-12-7-8-14(18)13(10-12)17(19,20)21/h7-8,10H,2-6,9,11,22H2,1H3,(H,23,25). The summed E-state index contributed by atoms with van der Waals surface area (Å²) in [6.45, 7) is 0.375. The first kappa shape index (κ1) is 22.2. The number of carbonyl (C=O) groups excluding carboxylic acids is 2. The average molecular weight is 394 g/mol. The molecule has 0 aliphatic heterocycles. The van der Waals surface area contributed by atoms with E-state index >= 15 is 0 Å². The quantitative estimate of drug-likeness (QED) is 0.628. The summed E-state index contributed by atoms with van der Waals surface area (Å²) in [7, 11) is 1.48. The molecule has 0 radical (unpaired) electrons. The number of nitrogens with zero attached hydrogens (tertiary/aromatic N) is 1. The molecule has 0 spiro atoms. The summed E-state index contributed by atoms with van der Waals surface area (Å²) in [5.41, 5.74) is 4.33. The number of anilines is 1. The van der Waals surface area contributed by atoms with Crippen molar-refractivity contribution < 1.29 is 22.8 Å². The third-order valence-electron chi connectivity index (χ3n) is 3.71. The molecule has 0 unspecified atom stereocenters. The predicted octanol–water partition coefficient (Wildman–Crippen LogP) is 3.66. The van der Waals surface area contributed by atoms with Gasteiger partial charge in [-0.25, -0.2) is 0 Å². The van der Waals surface area contributed by atoms with Crippen molar-refractivity contribution in [3.63, 3.8) is 0 Å². The van der Waals surface area contributed by atoms with Gasteiger partial charge in [0.15, 0.2) is 0 Å². The minimum Gasteiger partial charge on any atom is -0.336 e. The fraction of sp³-hybridized carbons (Fsp3) is 0.529. The second-order valence-electron chi connectivity index (χ2n) is 5.94. The monoisotopic (exact) mass is 393 g/mol. The van der Waals surface area contributed by atoms with Crippen molar-refractivity contribution in [2.45, 2.75) is 38.3 Å². The molecular formula is C17H23ClF3N3O2. The summed E-state index contributed by atoms with van der Waals surface area (Å²) in [6, 6.07) is 3.10. The molecule has 0 heterocycles. The lowest BCUT2D eigenvalue weighted by Gasteiger charge is -2.17. The second-order valence-corrected chi connectivity index (χ2v) is 6.35. The maximum atomic E-state index is 12.8. The number of nitrogens with two attached hydrogens (primary N) is 1. The molecule has 0 saturated carbocycles. The zero-order chi connectivity index (χ0) is 19.7. The van der Waals surface area contributed by atoms with Crippen LogP contribution in [0, 0.1) is 0 Å². The van der Waals surface area contributed by atoms with Crippen molar-refractivity contribution in [1.29, 1.82) is 0 Å². The summed E-state index contributed by atoms with van der Waals surface area (Å²) in [5.74, 6) is -0.778. The molecule has 0 bridgehead atoms. The Kier molecular flexibility index (Phi) is 8.87. The van der Waals surface area contributed by atoms with Gasteiger partial charge in [0.2, 0.25) is 11.8 Å². The van der Waals surface area contributed by atoms with E-state index in [1.54, 1.807) is 0 Å². The third kappa shape index (κ3) is 7.61. The predicted molar refractivity (Wildman–Crippen MR) is 94.9 cm³/mol. The number of likely N-dealkylation sites (N-methyl/N-ethyl adjacent to an activating group) is 1. The topological polar surface area (TPSA) is 75.4 Å². The van der Waals surface area contributed by atoms with Crippen LogP contribution in [0.1, 0.15) is 37.7 Å². The minimum atomic E-state index is -4.62. The molecule has 0 aliphatic carbocycles. The van der Waals surface area contributed by atoms with Gasteiger partial charge >= 0.3 is 6.18 Å². The Morgan fingerprint density at radius 2 is 1.85 bits per heavy atom. The highest BCUT2D eigenvalue weighted by atomic mass is 35.5. The first-order valence-corrected chi connectivity index (χ1v) is 8.63. The van der Waals surface area contributed by atoms with Gasteiger partial charge in [0.25, 0.3) is 0 Å². The number of hydrogen-bond acceptors (Lipinski definition) is 3. The zero-order valence-corrected chi connectivity index (χ0v) is 15.3. The van der Waals surface area contributed by atoms with Crippen LogP contribution >= 0.6 is 11.6 Å². The van der Waals surface area contributed by atoms with Gasteiger partial charge in [-0.2, -0.15) is 13.2 Å². The van der Waals surface area contributed by atoms with Gasteiger partial charge < -0.3 is 16.0 Å². The van der Waals surface area contributed by atoms with E-state index in [-0.39, 0.29) is 18.1 Å². The van der Waals surface area contributed by atoms with E-state index in [2.05, 4.69) is 5.32 Å². The summed E-state index contributed by atoms with van der Waals surface area (Å²) in [4.78, 5) is 25.2. The van der Waals surface area contributed by atoms with Gasteiger partial charge in [-0.15, -0.1) is 0 Å². The lowest BCUT2D eigenvalue weighted by atomic mass is 10.1. The van der Waals surface area contributed by atoms with Crippen molar-refractivity contribution in [2.24, 2.45) is 5.73 Å². The molecule has 1 aromatic carbocycles. The normalized spacial score (nSPS) is 11.3. The van der Waals surface area contributed by atoms with E-state index in [1.807, 2.05) is 0 Å². The number of nitrogens with one attached hydrogen (secondary N) is 1. The van der Waals surface area contributed by atoms with E-state index in [0.717, 1.165) is 31.4 Å². The molecule has 0 saturated heterocycles. The summed E-state index contributed by atoms with van der Waals surface area (Å²) in [5, 5.41) is 1.90. The molecule has 1 rings (SSSR count). The van der Waals surface area contributed by atoms with Crippen molar-refractivity contribution in [3.8, 4) is 0 Å². The van der Waals surface area contributed by atoms with Crippen LogP contribution in [-0.2, 0) is 15.8 Å². The Labute approximate surface area is 155 Å². The van der Waals surface area contributed by atoms with Gasteiger partial charge in [0, 0.05) is 19.2 Å². The third-order valence-corrected chi connectivity index (χ3v) is 4.04. The van der Waals surface area contributed by atoms with Crippen LogP contribution in [-0.4, -0.2) is 36.9 Å². The molecule has 26 heavy (non-hydrogen) atoms. The van der Waals surface area contributed by atoms with E-state index in [4.69, 9.17) is 17.3 Å². The first-order chi connectivity index (χ1) is 12.1. The molecule has 1 aromatic rings. The number of halogens is 4. The highest BCUT2D eigenvalue weighted by Gasteiger charge is 2.33. The maximum absolute atomic E-state index is 12.8. The Morgan fingerprint density at radius 1 is 1.19 bits per heavy atom. The van der Waals surface area contributed by atoms with Crippen LogP contribution in [0.3, 0.4) is 0 Å². The molecule has 0 fully saturated rings. The average Bonchev–Trinajstić information content (AvgIpc) is 2.55. The van der Waals surface area contributed by atoms with Crippen molar-refractivity contribution in [1.82, 2.24) is 4.90 Å². The Balaban J connectivity index is 2.52. The van der Waals surface area contributed by atoms with Crippen LogP contribution in [0.5, 0.6) is 0 Å². The SMILES string of the molecule is CN(CC(=O)Nc1ccc(Cl)c(C(F)(F)F)c1)C(=O)CCCCCCN. The zero-order valence-electron chi connectivity index (χ0n) is 14.5. The molecule has 9 heteroatoms. The van der Waals surface area contributed by atoms with E-state index in [0.29, 0.717) is 19.4 Å². The van der Waals surface area contributed by atoms with Crippen LogP contribution in [0.25, 0.3) is 0 Å². The number of hydrogen-bond donors (Lipinski definition) is 2. The number of rotatable bonds is 9. The Morgan fingerprint density at radius 3 is 2.46 bits per heavy atom. The highest BCUT2D eigenvalue weighted by molar-refractivity contribution is 6.31. The van der Waals surface area contributed by atoms with Crippen LogP contribution < -0.4 is 11.1 Å². The second kappa shape index (κ2) is 10.4. The van der Waals surface area contributed by atoms with Gasteiger partial charge in [-0.05, 0) is 37.6 Å². The first-order valence-electron chi connectivity index (χ1n) is 8.25. The minimum absolute atomic E-state index is 0.0330. The molecule has 0 atom stereocenters. The van der Waals surface area contributed by atoms with Gasteiger partial charge in [0.05, 0.1) is 17.1 Å². The summed E-state index contributed by atoms with van der Waals surface area (Å²) in [6.07, 6.45) is -0.855. The van der Waals surface area contributed by atoms with E-state index < -0.39 is 22.7 Å². The summed E-state index contributed by atoms with van der Waals surface area (Å²) < 4.78 is 38.5. The molecule has 0 aliphatic rings. The van der Waals surface area contributed by atoms with Crippen molar-refractivity contribution >= 4 is 29.1 Å². The molecule has 2 amide bonds. The van der Waals surface area contributed by atoms with Crippen LogP contribution in [0.4, 0.5) is 18.9 Å². The highest BCUT2D eigenvalue weighted by Crippen LogP contribution is 2.36. The summed E-state index contributed by atoms with van der Waals surface area (Å²) >= 11 is 5.53. The van der Waals surface area contributed by atoms with E-state index in [9.17, 15) is 22.8 Å². The van der Waals surface area contributed by atoms with Crippen LogP contribution in [0.2, 0.25) is 5.02 Å². The number of alkyl halides is 3. The van der Waals surface area contributed by atoms with Crippen molar-refractivity contribution in [3.05, 3.63) is 28.8 Å². The largest absolute Gasteiger partial charge is 0.417 e. The molecule has 3 N–H and O–H groups in total. The van der Waals surface area contributed by atoms with Crippen LogP contribution in [0.15, 0.2) is 18.2 Å².